The molecule has 2 unspecified atom stereocenters. The molecule has 0 spiro atoms. The van der Waals surface area contributed by atoms with Gasteiger partial charge in [0, 0.05) is 29.7 Å². The zero-order valence-electron chi connectivity index (χ0n) is 17.4. The summed E-state index contributed by atoms with van der Waals surface area (Å²) in [6, 6.07) is 13.8. The molecule has 1 aliphatic heterocycles. The number of halogens is 1. The van der Waals surface area contributed by atoms with Crippen LogP contribution in [0.15, 0.2) is 58.7 Å². The average molecular weight is 406 g/mol. The second-order valence-corrected chi connectivity index (χ2v) is 8.32. The van der Waals surface area contributed by atoms with Gasteiger partial charge in [-0.25, -0.2) is 4.39 Å². The number of amides is 1. The van der Waals surface area contributed by atoms with Crippen LogP contribution in [0.4, 0.5) is 4.39 Å². The maximum absolute atomic E-state index is 13.0. The van der Waals surface area contributed by atoms with Gasteiger partial charge in [0.25, 0.3) is 5.91 Å². The van der Waals surface area contributed by atoms with Gasteiger partial charge >= 0.3 is 0 Å². The molecule has 2 aromatic carbocycles. The van der Waals surface area contributed by atoms with E-state index < -0.39 is 0 Å². The number of hydrogen-bond acceptors (Lipinski definition) is 3. The Balaban J connectivity index is 1.43. The SMILES string of the molecule is CC1=NN=C(c2ccc(CNC(=O)c3ccc(F)cc3)cc2)C2CCCCCCC12. The standard InChI is InChI=1S/C25H28FN3O/c1-17-22-6-4-2-3-5-7-23(22)24(29-28-17)19-10-8-18(9-11-19)16-27-25(30)20-12-14-21(26)15-13-20/h8-15,22-23H,2-7,16H2,1H3,(H,27,30). The number of fused-ring (bicyclic) bond motifs is 1. The summed E-state index contributed by atoms with van der Waals surface area (Å²) in [5.41, 5.74) is 4.86. The van der Waals surface area contributed by atoms with Crippen LogP contribution in [0.1, 0.15) is 66.9 Å². The van der Waals surface area contributed by atoms with Crippen molar-refractivity contribution in [3.63, 3.8) is 0 Å². The van der Waals surface area contributed by atoms with Crippen molar-refractivity contribution in [2.24, 2.45) is 22.0 Å². The minimum Gasteiger partial charge on any atom is -0.348 e. The summed E-state index contributed by atoms with van der Waals surface area (Å²) in [5.74, 6) is 0.399. The van der Waals surface area contributed by atoms with Crippen LogP contribution in [-0.2, 0) is 6.54 Å². The molecular weight excluding hydrogens is 377 g/mol. The molecule has 2 atom stereocenters. The summed E-state index contributed by atoms with van der Waals surface area (Å²) in [5, 5.41) is 12.0. The fourth-order valence-corrected chi connectivity index (χ4v) is 4.54. The molecule has 0 aromatic heterocycles. The predicted octanol–water partition coefficient (Wildman–Crippen LogP) is 5.52. The summed E-state index contributed by atoms with van der Waals surface area (Å²) < 4.78 is 13.0. The van der Waals surface area contributed by atoms with E-state index in [-0.39, 0.29) is 11.7 Å². The Bertz CT molecular complexity index is 947. The molecule has 1 saturated carbocycles. The van der Waals surface area contributed by atoms with E-state index in [1.54, 1.807) is 0 Å². The second kappa shape index (κ2) is 9.33. The van der Waals surface area contributed by atoms with Gasteiger partial charge in [-0.15, -0.1) is 0 Å². The monoisotopic (exact) mass is 405 g/mol. The molecule has 0 bridgehead atoms. The predicted molar refractivity (Wildman–Crippen MR) is 118 cm³/mol. The van der Waals surface area contributed by atoms with Gasteiger partial charge in [0.05, 0.1) is 5.71 Å². The molecule has 5 heteroatoms. The molecule has 0 radical (unpaired) electrons. The van der Waals surface area contributed by atoms with Crippen molar-refractivity contribution < 1.29 is 9.18 Å². The lowest BCUT2D eigenvalue weighted by molar-refractivity contribution is 0.0951. The molecule has 30 heavy (non-hydrogen) atoms. The number of rotatable bonds is 4. The van der Waals surface area contributed by atoms with Crippen molar-refractivity contribution in [3.05, 3.63) is 71.0 Å². The van der Waals surface area contributed by atoms with Gasteiger partial charge in [-0.2, -0.15) is 10.2 Å². The lowest BCUT2D eigenvalue weighted by atomic mass is 9.74. The summed E-state index contributed by atoms with van der Waals surface area (Å²) in [7, 11) is 0. The van der Waals surface area contributed by atoms with Crippen LogP contribution in [0.3, 0.4) is 0 Å². The third-order valence-corrected chi connectivity index (χ3v) is 6.28. The van der Waals surface area contributed by atoms with Gasteiger partial charge in [0.15, 0.2) is 0 Å². The van der Waals surface area contributed by atoms with Crippen LogP contribution < -0.4 is 5.32 Å². The molecule has 4 rings (SSSR count). The highest BCUT2D eigenvalue weighted by Crippen LogP contribution is 2.34. The lowest BCUT2D eigenvalue weighted by Crippen LogP contribution is -2.33. The van der Waals surface area contributed by atoms with Gasteiger partial charge in [0.2, 0.25) is 0 Å². The van der Waals surface area contributed by atoms with Crippen LogP contribution in [0.25, 0.3) is 0 Å². The molecule has 4 nitrogen and oxygen atoms in total. The number of carbonyl (C=O) groups is 1. The summed E-state index contributed by atoms with van der Waals surface area (Å²) >= 11 is 0. The molecule has 156 valence electrons. The smallest absolute Gasteiger partial charge is 0.251 e. The highest BCUT2D eigenvalue weighted by molar-refractivity contribution is 6.06. The molecule has 1 amide bonds. The fraction of sp³-hybridized carbons (Fsp3) is 0.400. The van der Waals surface area contributed by atoms with E-state index >= 15 is 0 Å². The highest BCUT2D eigenvalue weighted by atomic mass is 19.1. The van der Waals surface area contributed by atoms with Crippen molar-refractivity contribution in [2.45, 2.75) is 52.0 Å². The van der Waals surface area contributed by atoms with Crippen molar-refractivity contribution in [1.29, 1.82) is 0 Å². The Kier molecular flexibility index (Phi) is 6.36. The molecule has 1 aliphatic carbocycles. The topological polar surface area (TPSA) is 53.8 Å². The zero-order chi connectivity index (χ0) is 20.9. The van der Waals surface area contributed by atoms with E-state index in [1.165, 1.54) is 68.5 Å². The Morgan fingerprint density at radius 1 is 0.933 bits per heavy atom. The molecule has 2 aliphatic rings. The third kappa shape index (κ3) is 4.66. The Labute approximate surface area is 177 Å². The first-order chi connectivity index (χ1) is 14.6. The maximum atomic E-state index is 13.0. The number of nitrogens with one attached hydrogen (secondary N) is 1. The molecular formula is C25H28FN3O. The van der Waals surface area contributed by atoms with Crippen molar-refractivity contribution >= 4 is 17.3 Å². The van der Waals surface area contributed by atoms with E-state index in [1.807, 2.05) is 12.1 Å². The molecule has 1 heterocycles. The zero-order valence-corrected chi connectivity index (χ0v) is 17.4. The van der Waals surface area contributed by atoms with Gasteiger partial charge in [0.1, 0.15) is 5.82 Å². The maximum Gasteiger partial charge on any atom is 0.251 e. The Morgan fingerprint density at radius 3 is 2.30 bits per heavy atom. The lowest BCUT2D eigenvalue weighted by Gasteiger charge is -2.32. The first-order valence-electron chi connectivity index (χ1n) is 10.9. The first kappa shape index (κ1) is 20.5. The number of benzene rings is 2. The van der Waals surface area contributed by atoms with Gasteiger partial charge in [-0.3, -0.25) is 4.79 Å². The quantitative estimate of drug-likeness (QED) is 0.715. The van der Waals surface area contributed by atoms with Crippen LogP contribution in [-0.4, -0.2) is 17.3 Å². The molecule has 1 fully saturated rings. The van der Waals surface area contributed by atoms with E-state index in [0.717, 1.165) is 16.8 Å². The van der Waals surface area contributed by atoms with E-state index in [4.69, 9.17) is 0 Å². The van der Waals surface area contributed by atoms with E-state index in [0.29, 0.717) is 23.9 Å². The largest absolute Gasteiger partial charge is 0.348 e. The molecule has 1 N–H and O–H groups in total. The number of nitrogens with zero attached hydrogens (tertiary/aromatic N) is 2. The number of carbonyl (C=O) groups excluding carboxylic acids is 1. The fourth-order valence-electron chi connectivity index (χ4n) is 4.54. The third-order valence-electron chi connectivity index (χ3n) is 6.28. The Morgan fingerprint density at radius 2 is 1.60 bits per heavy atom. The number of hydrogen-bond donors (Lipinski definition) is 1. The van der Waals surface area contributed by atoms with Gasteiger partial charge < -0.3 is 5.32 Å². The van der Waals surface area contributed by atoms with Gasteiger partial charge in [-0.05, 0) is 55.2 Å². The van der Waals surface area contributed by atoms with Crippen LogP contribution in [0.5, 0.6) is 0 Å². The van der Waals surface area contributed by atoms with Crippen molar-refractivity contribution in [1.82, 2.24) is 5.32 Å². The van der Waals surface area contributed by atoms with Crippen LogP contribution >= 0.6 is 0 Å². The molecule has 0 saturated heterocycles. The highest BCUT2D eigenvalue weighted by Gasteiger charge is 2.32. The van der Waals surface area contributed by atoms with Crippen molar-refractivity contribution in [3.8, 4) is 0 Å². The second-order valence-electron chi connectivity index (χ2n) is 8.32. The normalized spacial score (nSPS) is 21.5. The minimum absolute atomic E-state index is 0.210. The van der Waals surface area contributed by atoms with E-state index in [9.17, 15) is 9.18 Å². The van der Waals surface area contributed by atoms with E-state index in [2.05, 4.69) is 34.6 Å². The first-order valence-corrected chi connectivity index (χ1v) is 10.9. The minimum atomic E-state index is -0.348. The summed E-state index contributed by atoms with van der Waals surface area (Å²) in [6.45, 7) is 2.54. The van der Waals surface area contributed by atoms with Gasteiger partial charge in [-0.1, -0.05) is 49.9 Å². The Hall–Kier alpha value is -2.82. The summed E-state index contributed by atoms with van der Waals surface area (Å²) in [6.07, 6.45) is 7.52. The average Bonchev–Trinajstić information content (AvgIpc) is 2.74. The van der Waals surface area contributed by atoms with Crippen LogP contribution in [0.2, 0.25) is 0 Å². The summed E-state index contributed by atoms with van der Waals surface area (Å²) in [4.78, 5) is 12.2. The van der Waals surface area contributed by atoms with Crippen molar-refractivity contribution in [2.75, 3.05) is 0 Å². The molecule has 2 aromatic rings. The van der Waals surface area contributed by atoms with Crippen LogP contribution in [0, 0.1) is 17.7 Å².